The first-order valence-corrected chi connectivity index (χ1v) is 6.37. The molecular formula is C14H9BrF3NO. The van der Waals surface area contributed by atoms with Crippen LogP contribution >= 0.6 is 15.9 Å². The molecule has 6 heteroatoms. The molecule has 0 fully saturated rings. The fourth-order valence-electron chi connectivity index (χ4n) is 1.70. The molecule has 0 atom stereocenters. The van der Waals surface area contributed by atoms with Crippen molar-refractivity contribution in [3.05, 3.63) is 63.9 Å². The maximum Gasteiger partial charge on any atom is 0.263 e. The monoisotopic (exact) mass is 343 g/mol. The lowest BCUT2D eigenvalue weighted by molar-refractivity contribution is 0.0985. The van der Waals surface area contributed by atoms with Gasteiger partial charge in [-0.15, -0.1) is 0 Å². The van der Waals surface area contributed by atoms with Gasteiger partial charge in [-0.3, -0.25) is 4.79 Å². The van der Waals surface area contributed by atoms with Crippen molar-refractivity contribution in [2.75, 3.05) is 11.9 Å². The van der Waals surface area contributed by atoms with Crippen molar-refractivity contribution in [2.24, 2.45) is 0 Å². The Morgan fingerprint density at radius 3 is 2.05 bits per heavy atom. The van der Waals surface area contributed by atoms with Crippen LogP contribution in [-0.2, 0) is 0 Å². The zero-order valence-electron chi connectivity index (χ0n) is 10.3. The third kappa shape index (κ3) is 2.85. The highest BCUT2D eigenvalue weighted by Gasteiger charge is 2.22. The van der Waals surface area contributed by atoms with E-state index in [0.29, 0.717) is 5.69 Å². The van der Waals surface area contributed by atoms with Crippen molar-refractivity contribution in [3.63, 3.8) is 0 Å². The van der Waals surface area contributed by atoms with Crippen molar-refractivity contribution in [1.29, 1.82) is 0 Å². The van der Waals surface area contributed by atoms with Gasteiger partial charge in [0.05, 0.1) is 0 Å². The quantitative estimate of drug-likeness (QED) is 0.802. The Morgan fingerprint density at radius 2 is 1.55 bits per heavy atom. The molecule has 0 bridgehead atoms. The van der Waals surface area contributed by atoms with Crippen molar-refractivity contribution >= 4 is 27.5 Å². The molecule has 0 heterocycles. The summed E-state index contributed by atoms with van der Waals surface area (Å²) in [6.07, 6.45) is 0. The molecule has 0 spiro atoms. The van der Waals surface area contributed by atoms with Crippen molar-refractivity contribution in [2.45, 2.75) is 0 Å². The van der Waals surface area contributed by atoms with E-state index >= 15 is 0 Å². The average molecular weight is 344 g/mol. The number of halogens is 4. The zero-order valence-corrected chi connectivity index (χ0v) is 11.9. The van der Waals surface area contributed by atoms with E-state index in [1.54, 1.807) is 0 Å². The van der Waals surface area contributed by atoms with Crippen LogP contribution in [0.5, 0.6) is 0 Å². The van der Waals surface area contributed by atoms with Crippen LogP contribution in [0.3, 0.4) is 0 Å². The van der Waals surface area contributed by atoms with Crippen LogP contribution in [0, 0.1) is 17.5 Å². The fraction of sp³-hybridized carbons (Fsp3) is 0.0714. The molecule has 104 valence electrons. The summed E-state index contributed by atoms with van der Waals surface area (Å²) < 4.78 is 40.5. The predicted molar refractivity (Wildman–Crippen MR) is 73.2 cm³/mol. The molecule has 0 saturated carbocycles. The van der Waals surface area contributed by atoms with Gasteiger partial charge in [-0.1, -0.05) is 15.9 Å². The van der Waals surface area contributed by atoms with Gasteiger partial charge in [0.2, 0.25) is 0 Å². The highest BCUT2D eigenvalue weighted by Crippen LogP contribution is 2.23. The zero-order chi connectivity index (χ0) is 14.9. The molecule has 1 amide bonds. The third-order valence-electron chi connectivity index (χ3n) is 2.74. The number of rotatable bonds is 2. The number of hydrogen-bond donors (Lipinski definition) is 0. The summed E-state index contributed by atoms with van der Waals surface area (Å²) in [5.41, 5.74) is -0.321. The summed E-state index contributed by atoms with van der Waals surface area (Å²) in [5.74, 6) is -3.23. The van der Waals surface area contributed by atoms with E-state index in [9.17, 15) is 18.0 Å². The van der Waals surface area contributed by atoms with E-state index in [1.165, 1.54) is 19.2 Å². The number of amides is 1. The van der Waals surface area contributed by atoms with E-state index in [0.717, 1.165) is 29.2 Å². The lowest BCUT2D eigenvalue weighted by Crippen LogP contribution is -2.28. The molecule has 2 aromatic carbocycles. The van der Waals surface area contributed by atoms with Crippen LogP contribution in [0.25, 0.3) is 0 Å². The topological polar surface area (TPSA) is 20.3 Å². The Kier molecular flexibility index (Phi) is 4.13. The standard InChI is InChI=1S/C14H9BrF3NO/c1-19(10-4-2-9(16)3-5-10)14(20)13-11(17)6-8(15)7-12(13)18/h2-7H,1H3. The minimum absolute atomic E-state index is 0.202. The number of carbonyl (C=O) groups excluding carboxylic acids is 1. The van der Waals surface area contributed by atoms with E-state index in [-0.39, 0.29) is 4.47 Å². The molecule has 0 unspecified atom stereocenters. The molecular weight excluding hydrogens is 335 g/mol. The Morgan fingerprint density at radius 1 is 1.05 bits per heavy atom. The largest absolute Gasteiger partial charge is 0.311 e. The fourth-order valence-corrected chi connectivity index (χ4v) is 2.10. The van der Waals surface area contributed by atoms with Gasteiger partial charge in [-0.25, -0.2) is 13.2 Å². The maximum atomic E-state index is 13.7. The predicted octanol–water partition coefficient (Wildman–Crippen LogP) is 4.14. The first-order chi connectivity index (χ1) is 9.40. The second kappa shape index (κ2) is 5.66. The van der Waals surface area contributed by atoms with Gasteiger partial charge in [-0.05, 0) is 36.4 Å². The summed E-state index contributed by atoms with van der Waals surface area (Å²) in [6, 6.07) is 7.04. The Bertz CT molecular complexity index is 635. The number of nitrogens with zero attached hydrogens (tertiary/aromatic N) is 1. The van der Waals surface area contributed by atoms with Crippen LogP contribution in [0.1, 0.15) is 10.4 Å². The number of anilines is 1. The molecule has 0 aliphatic carbocycles. The van der Waals surface area contributed by atoms with Gasteiger partial charge < -0.3 is 4.90 Å². The van der Waals surface area contributed by atoms with Crippen molar-refractivity contribution in [1.82, 2.24) is 0 Å². The molecule has 2 rings (SSSR count). The minimum atomic E-state index is -0.962. The number of hydrogen-bond acceptors (Lipinski definition) is 1. The number of benzene rings is 2. The van der Waals surface area contributed by atoms with E-state index in [2.05, 4.69) is 15.9 Å². The molecule has 20 heavy (non-hydrogen) atoms. The van der Waals surface area contributed by atoms with Crippen LogP contribution in [0.4, 0.5) is 18.9 Å². The average Bonchev–Trinajstić information content (AvgIpc) is 2.37. The van der Waals surface area contributed by atoms with Gasteiger partial charge in [0.1, 0.15) is 23.0 Å². The van der Waals surface area contributed by atoms with Crippen molar-refractivity contribution in [3.8, 4) is 0 Å². The van der Waals surface area contributed by atoms with Gasteiger partial charge in [0.15, 0.2) is 0 Å². The SMILES string of the molecule is CN(C(=O)c1c(F)cc(Br)cc1F)c1ccc(F)cc1. The Balaban J connectivity index is 2.39. The van der Waals surface area contributed by atoms with Gasteiger partial charge in [0.25, 0.3) is 5.91 Å². The summed E-state index contributed by atoms with van der Waals surface area (Å²) in [4.78, 5) is 13.2. The second-order valence-corrected chi connectivity index (χ2v) is 5.00. The molecule has 2 aromatic rings. The minimum Gasteiger partial charge on any atom is -0.311 e. The normalized spacial score (nSPS) is 10.4. The molecule has 2 nitrogen and oxygen atoms in total. The molecule has 0 saturated heterocycles. The van der Waals surface area contributed by atoms with Crippen molar-refractivity contribution < 1.29 is 18.0 Å². The molecule has 0 aliphatic heterocycles. The van der Waals surface area contributed by atoms with E-state index < -0.39 is 28.9 Å². The van der Waals surface area contributed by atoms with Crippen LogP contribution in [0.2, 0.25) is 0 Å². The smallest absolute Gasteiger partial charge is 0.263 e. The van der Waals surface area contributed by atoms with Crippen LogP contribution < -0.4 is 4.90 Å². The van der Waals surface area contributed by atoms with Gasteiger partial charge >= 0.3 is 0 Å². The molecule has 0 aromatic heterocycles. The summed E-state index contributed by atoms with van der Waals surface area (Å²) in [7, 11) is 1.36. The Hall–Kier alpha value is -1.82. The third-order valence-corrected chi connectivity index (χ3v) is 3.20. The molecule has 0 aliphatic rings. The van der Waals surface area contributed by atoms with Crippen LogP contribution in [-0.4, -0.2) is 13.0 Å². The maximum absolute atomic E-state index is 13.7. The first kappa shape index (κ1) is 14.6. The highest BCUT2D eigenvalue weighted by molar-refractivity contribution is 9.10. The summed E-state index contributed by atoms with van der Waals surface area (Å²) in [5, 5.41) is 0. The molecule has 0 N–H and O–H groups in total. The Labute approximate surface area is 122 Å². The van der Waals surface area contributed by atoms with Gasteiger partial charge in [-0.2, -0.15) is 0 Å². The van der Waals surface area contributed by atoms with Crippen LogP contribution in [0.15, 0.2) is 40.9 Å². The van der Waals surface area contributed by atoms with E-state index in [4.69, 9.17) is 0 Å². The second-order valence-electron chi connectivity index (χ2n) is 4.09. The van der Waals surface area contributed by atoms with E-state index in [1.807, 2.05) is 0 Å². The highest BCUT2D eigenvalue weighted by atomic mass is 79.9. The summed E-state index contributed by atoms with van der Waals surface area (Å²) >= 11 is 2.94. The van der Waals surface area contributed by atoms with Gasteiger partial charge in [0, 0.05) is 17.2 Å². The first-order valence-electron chi connectivity index (χ1n) is 5.58. The summed E-state index contributed by atoms with van der Waals surface area (Å²) in [6.45, 7) is 0. The lowest BCUT2D eigenvalue weighted by Gasteiger charge is -2.18. The molecule has 0 radical (unpaired) electrons. The number of carbonyl (C=O) groups is 1. The lowest BCUT2D eigenvalue weighted by atomic mass is 10.1.